The molecule has 1 aliphatic heterocycles. The van der Waals surface area contributed by atoms with Gasteiger partial charge in [-0.2, -0.15) is 0 Å². The number of amides is 1. The number of carbonyl (C=O) groups is 1. The van der Waals surface area contributed by atoms with Crippen molar-refractivity contribution in [2.75, 3.05) is 26.2 Å². The molecule has 1 amide bonds. The van der Waals surface area contributed by atoms with Crippen LogP contribution in [0.15, 0.2) is 52.3 Å². The van der Waals surface area contributed by atoms with Gasteiger partial charge in [0.05, 0.1) is 21.7 Å². The number of pyridine rings is 1. The number of likely N-dealkylation sites (tertiary alicyclic amines) is 1. The molecule has 1 saturated heterocycles. The van der Waals surface area contributed by atoms with E-state index in [1.165, 1.54) is 18.3 Å². The van der Waals surface area contributed by atoms with Gasteiger partial charge in [-0.05, 0) is 31.0 Å². The van der Waals surface area contributed by atoms with Crippen LogP contribution in [0.2, 0.25) is 10.0 Å². The number of benzene rings is 2. The molecule has 4 rings (SSSR count). The zero-order chi connectivity index (χ0) is 26.7. The van der Waals surface area contributed by atoms with Crippen molar-refractivity contribution in [3.05, 3.63) is 68.6 Å². The molecule has 0 radical (unpaired) electrons. The van der Waals surface area contributed by atoms with E-state index in [-0.39, 0.29) is 38.9 Å². The van der Waals surface area contributed by atoms with Crippen LogP contribution in [0.4, 0.5) is 0 Å². The normalized spacial score (nSPS) is 16.0. The Hall–Kier alpha value is -2.67. The summed E-state index contributed by atoms with van der Waals surface area (Å²) >= 11 is 12.0. The van der Waals surface area contributed by atoms with Gasteiger partial charge in [-0.15, -0.1) is 0 Å². The average Bonchev–Trinajstić information content (AvgIpc) is 2.85. The number of carbonyl (C=O) groups excluding carboxylic acids is 1. The van der Waals surface area contributed by atoms with Crippen LogP contribution in [0.25, 0.3) is 10.8 Å². The van der Waals surface area contributed by atoms with Crippen LogP contribution in [-0.4, -0.2) is 67.7 Å². The Bertz CT molecular complexity index is 1470. The summed E-state index contributed by atoms with van der Waals surface area (Å²) in [6, 6.07) is 9.69. The predicted molar refractivity (Wildman–Crippen MR) is 141 cm³/mol. The topological polar surface area (TPSA) is 155 Å². The Kier molecular flexibility index (Phi) is 8.42. The van der Waals surface area contributed by atoms with E-state index in [1.807, 2.05) is 4.90 Å². The number of H-pyrrole nitrogens is 1. The van der Waals surface area contributed by atoms with Crippen molar-refractivity contribution in [1.29, 1.82) is 0 Å². The van der Waals surface area contributed by atoms with E-state index in [0.29, 0.717) is 48.8 Å². The maximum atomic E-state index is 12.7. The summed E-state index contributed by atoms with van der Waals surface area (Å²) in [5, 5.41) is 19.3. The minimum Gasteiger partial charge on any atom is -0.489 e. The van der Waals surface area contributed by atoms with Gasteiger partial charge in [-0.3, -0.25) is 9.59 Å². The summed E-state index contributed by atoms with van der Waals surface area (Å²) in [4.78, 5) is 28.9. The second-order valence-corrected chi connectivity index (χ2v) is 11.1. The number of nitrogens with one attached hydrogen (secondary N) is 2. The third-order valence-electron chi connectivity index (χ3n) is 6.15. The van der Waals surface area contributed by atoms with Crippen molar-refractivity contribution in [3.63, 3.8) is 0 Å². The van der Waals surface area contributed by atoms with Gasteiger partial charge in [0.25, 0.3) is 11.5 Å². The molecule has 0 spiro atoms. The molecule has 2 heterocycles. The molecule has 1 fully saturated rings. The molecule has 0 aliphatic carbocycles. The van der Waals surface area contributed by atoms with Crippen molar-refractivity contribution in [2.45, 2.75) is 29.9 Å². The predicted octanol–water partition coefficient (Wildman–Crippen LogP) is 2.12. The Labute approximate surface area is 223 Å². The smallest absolute Gasteiger partial charge is 0.255 e. The van der Waals surface area contributed by atoms with Crippen LogP contribution in [0.3, 0.4) is 0 Å². The quantitative estimate of drug-likeness (QED) is 0.324. The lowest BCUT2D eigenvalue weighted by molar-refractivity contribution is 0.0584. The number of aromatic nitrogens is 1. The van der Waals surface area contributed by atoms with Crippen molar-refractivity contribution in [1.82, 2.24) is 15.2 Å². The molecule has 1 atom stereocenters. The first kappa shape index (κ1) is 27.4. The number of fused-ring (bicyclic) bond motifs is 1. The van der Waals surface area contributed by atoms with Crippen LogP contribution >= 0.6 is 23.2 Å². The van der Waals surface area contributed by atoms with Gasteiger partial charge in [0.2, 0.25) is 10.0 Å². The van der Waals surface area contributed by atoms with Crippen LogP contribution in [0.5, 0.6) is 5.75 Å². The van der Waals surface area contributed by atoms with E-state index in [1.54, 1.807) is 24.3 Å². The molecule has 1 aliphatic rings. The van der Waals surface area contributed by atoms with Crippen LogP contribution in [0, 0.1) is 0 Å². The lowest BCUT2D eigenvalue weighted by atomic mass is 10.1. The first-order valence-corrected chi connectivity index (χ1v) is 13.8. The van der Waals surface area contributed by atoms with Crippen molar-refractivity contribution < 1.29 is 23.1 Å². The number of ether oxygens (including phenoxy) is 1. The molecule has 5 N–H and O–H groups in total. The van der Waals surface area contributed by atoms with Gasteiger partial charge in [0.15, 0.2) is 0 Å². The summed E-state index contributed by atoms with van der Waals surface area (Å²) in [5.41, 5.74) is 0.0427. The average molecular weight is 569 g/mol. The van der Waals surface area contributed by atoms with Crippen LogP contribution in [-0.2, 0) is 10.0 Å². The van der Waals surface area contributed by atoms with Crippen molar-refractivity contribution in [2.24, 2.45) is 5.14 Å². The highest BCUT2D eigenvalue weighted by molar-refractivity contribution is 7.89. The molecule has 37 heavy (non-hydrogen) atoms. The fraction of sp³-hybridized carbons (Fsp3) is 0.333. The van der Waals surface area contributed by atoms with E-state index in [4.69, 9.17) is 33.1 Å². The largest absolute Gasteiger partial charge is 0.489 e. The number of sulfonamides is 1. The number of β-amino-alcohol motifs (C(OH)–C–C–N with tert-alkyl or cyclic N) is 1. The fourth-order valence-electron chi connectivity index (χ4n) is 4.33. The van der Waals surface area contributed by atoms with Gasteiger partial charge < -0.3 is 25.0 Å². The standard InChI is InChI=1S/C24H26Cl2N4O6S/c25-19-5-6-20(22(21(19)26)37(27,34)35)36-15-7-9-30(10-8-15)13-14(31)11-28-24(33)18-12-29-23(32)17-4-2-1-3-16(17)18/h1-6,12,14-15,31H,7-11,13H2,(H,28,33)(H,29,32)(H2,27,34,35). The van der Waals surface area contributed by atoms with Gasteiger partial charge in [-0.25, -0.2) is 13.6 Å². The Morgan fingerprint density at radius 1 is 1.19 bits per heavy atom. The first-order chi connectivity index (χ1) is 17.5. The number of nitrogens with zero attached hydrogens (tertiary/aromatic N) is 1. The molecule has 1 aromatic heterocycles. The SMILES string of the molecule is NS(=O)(=O)c1c(OC2CCN(CC(O)CNC(=O)c3c[nH]c(=O)c4ccccc34)CC2)ccc(Cl)c1Cl. The zero-order valence-corrected chi connectivity index (χ0v) is 21.9. The molecule has 1 unspecified atom stereocenters. The van der Waals surface area contributed by atoms with Gasteiger partial charge in [0, 0.05) is 43.1 Å². The van der Waals surface area contributed by atoms with E-state index in [9.17, 15) is 23.1 Å². The highest BCUT2D eigenvalue weighted by atomic mass is 35.5. The van der Waals surface area contributed by atoms with Gasteiger partial charge in [-0.1, -0.05) is 41.4 Å². The zero-order valence-electron chi connectivity index (χ0n) is 19.6. The van der Waals surface area contributed by atoms with E-state index >= 15 is 0 Å². The number of primary sulfonamides is 1. The highest BCUT2D eigenvalue weighted by Gasteiger charge is 2.27. The van der Waals surface area contributed by atoms with E-state index < -0.39 is 22.0 Å². The number of aliphatic hydroxyl groups excluding tert-OH is 1. The number of halogens is 2. The lowest BCUT2D eigenvalue weighted by Gasteiger charge is -2.33. The molecule has 10 nitrogen and oxygen atoms in total. The molecular weight excluding hydrogens is 543 g/mol. The molecule has 2 aromatic carbocycles. The number of piperidine rings is 1. The Balaban J connectivity index is 1.29. The summed E-state index contributed by atoms with van der Waals surface area (Å²) in [6.45, 7) is 1.54. The Morgan fingerprint density at radius 2 is 1.86 bits per heavy atom. The number of hydrogen-bond acceptors (Lipinski definition) is 7. The van der Waals surface area contributed by atoms with Gasteiger partial charge >= 0.3 is 0 Å². The second kappa shape index (κ2) is 11.4. The molecule has 0 saturated carbocycles. The Morgan fingerprint density at radius 3 is 2.54 bits per heavy atom. The lowest BCUT2D eigenvalue weighted by Crippen LogP contribution is -2.45. The van der Waals surface area contributed by atoms with E-state index in [2.05, 4.69) is 10.3 Å². The highest BCUT2D eigenvalue weighted by Crippen LogP contribution is 2.37. The third kappa shape index (κ3) is 6.43. The number of hydrogen-bond donors (Lipinski definition) is 4. The maximum Gasteiger partial charge on any atom is 0.255 e. The number of nitrogens with two attached hydrogens (primary N) is 1. The molecule has 3 aromatic rings. The molecule has 13 heteroatoms. The number of rotatable bonds is 8. The summed E-state index contributed by atoms with van der Waals surface area (Å²) in [7, 11) is -4.15. The van der Waals surface area contributed by atoms with Crippen molar-refractivity contribution in [3.8, 4) is 5.75 Å². The molecule has 198 valence electrons. The van der Waals surface area contributed by atoms with Gasteiger partial charge in [0.1, 0.15) is 16.7 Å². The minimum absolute atomic E-state index is 0.0315. The third-order valence-corrected chi connectivity index (χ3v) is 8.04. The van der Waals surface area contributed by atoms with Crippen LogP contribution < -0.4 is 20.8 Å². The fourth-order valence-corrected chi connectivity index (χ4v) is 5.78. The number of aromatic amines is 1. The summed E-state index contributed by atoms with van der Waals surface area (Å²) in [6.07, 6.45) is 1.42. The molecule has 0 bridgehead atoms. The van der Waals surface area contributed by atoms with Crippen molar-refractivity contribution >= 4 is 49.9 Å². The minimum atomic E-state index is -4.15. The molecular formula is C24H26Cl2N4O6S. The summed E-state index contributed by atoms with van der Waals surface area (Å²) < 4.78 is 29.9. The van der Waals surface area contributed by atoms with Crippen LogP contribution in [0.1, 0.15) is 23.2 Å². The summed E-state index contributed by atoms with van der Waals surface area (Å²) in [5.74, 6) is -0.348. The second-order valence-electron chi connectivity index (χ2n) is 8.79. The maximum absolute atomic E-state index is 12.7. The first-order valence-electron chi connectivity index (χ1n) is 11.5. The van der Waals surface area contributed by atoms with E-state index in [0.717, 1.165) is 0 Å². The monoisotopic (exact) mass is 568 g/mol. The number of aliphatic hydroxyl groups is 1.